The number of aliphatic carboxylic acids is 5. The van der Waals surface area contributed by atoms with Crippen LogP contribution in [-0.4, -0.2) is 137 Å². The van der Waals surface area contributed by atoms with Crippen molar-refractivity contribution in [1.29, 1.82) is 0 Å². The summed E-state index contributed by atoms with van der Waals surface area (Å²) < 4.78 is 4.33. The third-order valence-electron chi connectivity index (χ3n) is 2.85. The summed E-state index contributed by atoms with van der Waals surface area (Å²) in [6.45, 7) is 0. The van der Waals surface area contributed by atoms with Gasteiger partial charge in [-0.2, -0.15) is 0 Å². The summed E-state index contributed by atoms with van der Waals surface area (Å²) in [4.78, 5) is 66.0. The second-order valence-corrected chi connectivity index (χ2v) is 5.00. The Morgan fingerprint density at radius 3 is 1.25 bits per heavy atom. The summed E-state index contributed by atoms with van der Waals surface area (Å²) in [5.74, 6) is -11.6. The predicted molar refractivity (Wildman–Crippen MR) is 89.7 cm³/mol. The van der Waals surface area contributed by atoms with E-state index < -0.39 is 72.7 Å². The quantitative estimate of drug-likeness (QED) is 0.126. The number of carbonyl (C=O) groups is 6. The molecule has 0 amide bonds. The van der Waals surface area contributed by atoms with E-state index in [0.717, 1.165) is 0 Å². The molecule has 0 aromatic heterocycles. The minimum absolute atomic E-state index is 0. The van der Waals surface area contributed by atoms with Gasteiger partial charge in [-0.3, -0.25) is 19.2 Å². The van der Waals surface area contributed by atoms with Crippen molar-refractivity contribution in [3.05, 3.63) is 0 Å². The number of hydrogen-bond acceptors (Lipinski definition) is 9. The van der Waals surface area contributed by atoms with Gasteiger partial charge in [0.15, 0.2) is 5.60 Å². The van der Waals surface area contributed by atoms with Gasteiger partial charge in [-0.15, -0.1) is 0 Å². The maximum atomic E-state index is 11.7. The van der Waals surface area contributed by atoms with E-state index in [1.54, 1.807) is 0 Å². The first-order chi connectivity index (χ1) is 11.2. The first kappa shape index (κ1) is 34.3. The van der Waals surface area contributed by atoms with Crippen LogP contribution in [0.4, 0.5) is 0 Å². The van der Waals surface area contributed by atoms with E-state index in [-0.39, 0.29) is 65.3 Å². The molecule has 16 heteroatoms. The third kappa shape index (κ3) is 10.9. The van der Waals surface area contributed by atoms with Crippen LogP contribution in [0, 0.1) is 0 Å². The third-order valence-corrected chi connectivity index (χ3v) is 2.85. The first-order valence-electron chi connectivity index (χ1n) is 6.30. The molecule has 0 bridgehead atoms. The topological polar surface area (TPSA) is 268 Å². The molecule has 1 unspecified atom stereocenters. The van der Waals surface area contributed by atoms with E-state index in [0.29, 0.717) is 0 Å². The minimum atomic E-state index is -3.17. The molecule has 0 fully saturated rings. The van der Waals surface area contributed by atoms with Crippen molar-refractivity contribution in [2.24, 2.45) is 0 Å². The first-order valence-corrected chi connectivity index (χ1v) is 6.30. The molecular formula is C12H19NNa2O13. The molecule has 0 rings (SSSR count). The molecular weight excluding hydrogens is 412 g/mol. The van der Waals surface area contributed by atoms with Gasteiger partial charge in [0.25, 0.3) is 0 Å². The average molecular weight is 431 g/mol. The van der Waals surface area contributed by atoms with Crippen molar-refractivity contribution < 1.29 is 64.1 Å². The summed E-state index contributed by atoms with van der Waals surface area (Å²) in [5, 5.41) is 53.5. The predicted octanol–water partition coefficient (Wildman–Crippen LogP) is -3.15. The van der Waals surface area contributed by atoms with E-state index in [1.807, 2.05) is 0 Å². The number of aliphatic hydroxyl groups is 1. The Morgan fingerprint density at radius 2 is 1.00 bits per heavy atom. The van der Waals surface area contributed by atoms with Crippen LogP contribution in [0.3, 0.4) is 0 Å². The Kier molecular flexibility index (Phi) is 16.9. The summed E-state index contributed by atoms with van der Waals surface area (Å²) in [6.07, 6.45) is -5.94. The number of rotatable bonds is 11. The zero-order chi connectivity index (χ0) is 20.0. The van der Waals surface area contributed by atoms with Crippen LogP contribution in [0.5, 0.6) is 0 Å². The number of carbonyl (C=O) groups excluding carboxylic acids is 1. The molecule has 1 atom stereocenters. The normalized spacial score (nSPS) is 11.9. The molecule has 0 aliphatic heterocycles. The molecule has 0 saturated carbocycles. The van der Waals surface area contributed by atoms with Gasteiger partial charge in [-0.25, -0.2) is 9.59 Å². The van der Waals surface area contributed by atoms with Crippen molar-refractivity contribution in [2.45, 2.75) is 36.9 Å². The van der Waals surface area contributed by atoms with Gasteiger partial charge in [0.05, 0.1) is 25.7 Å². The van der Waals surface area contributed by atoms with Gasteiger partial charge >= 0.3 is 94.9 Å². The van der Waals surface area contributed by atoms with Crippen molar-refractivity contribution in [3.8, 4) is 0 Å². The molecule has 9 N–H and O–H groups in total. The number of esters is 1. The van der Waals surface area contributed by atoms with Gasteiger partial charge < -0.3 is 41.5 Å². The molecule has 0 heterocycles. The van der Waals surface area contributed by atoms with Crippen molar-refractivity contribution in [3.63, 3.8) is 0 Å². The second-order valence-electron chi connectivity index (χ2n) is 5.00. The zero-order valence-electron chi connectivity index (χ0n) is 13.1. The molecule has 0 aliphatic carbocycles. The summed E-state index contributed by atoms with van der Waals surface area (Å²) in [5.41, 5.74) is -6.24. The molecule has 0 aliphatic rings. The van der Waals surface area contributed by atoms with Gasteiger partial charge in [-0.1, -0.05) is 0 Å². The van der Waals surface area contributed by atoms with E-state index in [9.17, 15) is 33.9 Å². The summed E-state index contributed by atoms with van der Waals surface area (Å²) >= 11 is 0. The molecule has 0 saturated heterocycles. The maximum absolute atomic E-state index is 11.7. The van der Waals surface area contributed by atoms with Crippen LogP contribution < -0.4 is 6.15 Å². The second kappa shape index (κ2) is 13.8. The molecule has 28 heavy (non-hydrogen) atoms. The molecule has 14 nitrogen and oxygen atoms in total. The Labute approximate surface area is 201 Å². The van der Waals surface area contributed by atoms with E-state index >= 15 is 0 Å². The zero-order valence-corrected chi connectivity index (χ0v) is 13.1. The summed E-state index contributed by atoms with van der Waals surface area (Å²) in [6, 6.07) is 0. The van der Waals surface area contributed by atoms with Crippen molar-refractivity contribution >= 4 is 94.9 Å². The van der Waals surface area contributed by atoms with Crippen LogP contribution >= 0.6 is 0 Å². The van der Waals surface area contributed by atoms with Crippen LogP contribution in [0.15, 0.2) is 0 Å². The number of ether oxygens (including phenoxy) is 1. The molecule has 0 aromatic carbocycles. The Hall–Kier alpha value is -1.26. The van der Waals surface area contributed by atoms with E-state index in [2.05, 4.69) is 4.74 Å². The van der Waals surface area contributed by atoms with Crippen LogP contribution in [0.25, 0.3) is 0 Å². The van der Waals surface area contributed by atoms with Crippen molar-refractivity contribution in [2.75, 3.05) is 0 Å². The van der Waals surface area contributed by atoms with Gasteiger partial charge in [-0.05, 0) is 0 Å². The van der Waals surface area contributed by atoms with E-state index in [4.69, 9.17) is 25.5 Å². The Morgan fingerprint density at radius 1 is 0.643 bits per heavy atom. The fourth-order valence-electron chi connectivity index (χ4n) is 1.77. The fraction of sp³-hybridized carbons (Fsp3) is 0.500. The fourth-order valence-corrected chi connectivity index (χ4v) is 1.77. The van der Waals surface area contributed by atoms with Crippen LogP contribution in [-0.2, 0) is 33.5 Å². The monoisotopic (exact) mass is 431 g/mol. The standard InChI is InChI=1S/C12H14O13.H3N.2Na.2H/c13-5(14)1-11(24,9(20)21)4-8(19)25-12(10(22)23,2-6(15)16)3-7(17)18;;;;;/h24H,1-4H2,(H,13,14)(H,15,16)(H,17,18)(H,20,21)(H,22,23);1H3;;;;. The van der Waals surface area contributed by atoms with Crippen LogP contribution in [0.2, 0.25) is 0 Å². The van der Waals surface area contributed by atoms with Crippen LogP contribution in [0.1, 0.15) is 25.7 Å². The Balaban J connectivity index is -0.000000960. The molecule has 152 valence electrons. The number of hydrogen-bond donors (Lipinski definition) is 7. The van der Waals surface area contributed by atoms with E-state index in [1.165, 1.54) is 0 Å². The molecule has 0 aromatic rings. The molecule has 0 radical (unpaired) electrons. The number of carboxylic acids is 5. The summed E-state index contributed by atoms with van der Waals surface area (Å²) in [7, 11) is 0. The average Bonchev–Trinajstić information content (AvgIpc) is 2.34. The van der Waals surface area contributed by atoms with Gasteiger partial charge in [0, 0.05) is 0 Å². The van der Waals surface area contributed by atoms with Gasteiger partial charge in [0.1, 0.15) is 0 Å². The Bertz CT molecular complexity index is 607. The number of carboxylic acid groups (broad SMARTS) is 5. The van der Waals surface area contributed by atoms with Gasteiger partial charge in [0.2, 0.25) is 5.60 Å². The SMILES string of the molecule is N.O=C(O)CC(O)(CC(=O)OC(CC(=O)O)(CC(=O)O)C(=O)O)C(=O)O.[NaH].[NaH]. The van der Waals surface area contributed by atoms with Crippen molar-refractivity contribution in [1.82, 2.24) is 6.15 Å². The molecule has 0 spiro atoms.